The van der Waals surface area contributed by atoms with Crippen LogP contribution in [0.5, 0.6) is 0 Å². The third-order valence-electron chi connectivity index (χ3n) is 3.67. The molecule has 1 atom stereocenters. The molecular formula is C18H14ClN3O2S2. The van der Waals surface area contributed by atoms with Gasteiger partial charge in [-0.1, -0.05) is 29.8 Å². The van der Waals surface area contributed by atoms with Gasteiger partial charge in [0.05, 0.1) is 12.0 Å². The summed E-state index contributed by atoms with van der Waals surface area (Å²) in [6, 6.07) is 14.8. The van der Waals surface area contributed by atoms with Crippen LogP contribution in [-0.4, -0.2) is 14.2 Å². The van der Waals surface area contributed by atoms with Gasteiger partial charge in [0.15, 0.2) is 11.0 Å². The summed E-state index contributed by atoms with van der Waals surface area (Å²) in [7, 11) is -1.53. The molecule has 0 bridgehead atoms. The fraction of sp³-hybridized carbons (Fsp3) is 0.0556. The fourth-order valence-corrected chi connectivity index (χ4v) is 4.43. The molecule has 0 saturated carbocycles. The first kappa shape index (κ1) is 17.2. The highest BCUT2D eigenvalue weighted by Gasteiger charge is 2.14. The molecule has 0 aliphatic rings. The summed E-state index contributed by atoms with van der Waals surface area (Å²) in [6.07, 6.45) is 3.43. The van der Waals surface area contributed by atoms with Crippen LogP contribution in [0.15, 0.2) is 75.5 Å². The molecule has 0 fully saturated rings. The minimum Gasteiger partial charge on any atom is -0.445 e. The smallest absolute Gasteiger partial charge is 0.212 e. The minimum atomic E-state index is -1.53. The number of aromatic nitrogens is 2. The van der Waals surface area contributed by atoms with Gasteiger partial charge in [0, 0.05) is 39.0 Å². The van der Waals surface area contributed by atoms with Crippen LogP contribution in [0.1, 0.15) is 5.69 Å². The second kappa shape index (κ2) is 7.57. The highest BCUT2D eigenvalue weighted by molar-refractivity contribution is 7.98. The first-order valence-corrected chi connectivity index (χ1v) is 10.3. The Morgan fingerprint density at radius 3 is 2.92 bits per heavy atom. The molecule has 2 aromatic carbocycles. The standard InChI is InChI=1S/C18H14ClN3O2S2/c19-13-5-6-17(25-10-14-9-20-11-21-14)15(8-13)22-26(23)18-7-12-3-1-2-4-16(12)24-18/h1-9,11,22H,10H2,(H,20,21). The van der Waals surface area contributed by atoms with E-state index in [4.69, 9.17) is 16.0 Å². The van der Waals surface area contributed by atoms with E-state index in [9.17, 15) is 4.21 Å². The molecule has 1 unspecified atom stereocenters. The highest BCUT2D eigenvalue weighted by atomic mass is 35.5. The van der Waals surface area contributed by atoms with E-state index in [2.05, 4.69) is 14.7 Å². The monoisotopic (exact) mass is 403 g/mol. The zero-order valence-electron chi connectivity index (χ0n) is 13.4. The van der Waals surface area contributed by atoms with E-state index in [0.29, 0.717) is 27.1 Å². The maximum Gasteiger partial charge on any atom is 0.212 e. The summed E-state index contributed by atoms with van der Waals surface area (Å²) in [5.74, 6) is 0.716. The molecule has 2 aromatic heterocycles. The van der Waals surface area contributed by atoms with Gasteiger partial charge in [-0.25, -0.2) is 9.19 Å². The Morgan fingerprint density at radius 1 is 1.23 bits per heavy atom. The molecule has 0 aliphatic heterocycles. The van der Waals surface area contributed by atoms with E-state index < -0.39 is 11.0 Å². The first-order valence-electron chi connectivity index (χ1n) is 7.75. The third kappa shape index (κ3) is 3.80. The summed E-state index contributed by atoms with van der Waals surface area (Å²) in [6.45, 7) is 0. The number of anilines is 1. The minimum absolute atomic E-state index is 0.371. The molecule has 0 aliphatic carbocycles. The van der Waals surface area contributed by atoms with Gasteiger partial charge >= 0.3 is 0 Å². The topological polar surface area (TPSA) is 70.9 Å². The zero-order chi connectivity index (χ0) is 17.9. The van der Waals surface area contributed by atoms with Crippen LogP contribution in [-0.2, 0) is 16.7 Å². The number of para-hydroxylation sites is 1. The highest BCUT2D eigenvalue weighted by Crippen LogP contribution is 2.33. The van der Waals surface area contributed by atoms with Crippen molar-refractivity contribution in [3.05, 3.63) is 71.8 Å². The molecule has 0 amide bonds. The molecule has 0 spiro atoms. The number of hydrogen-bond acceptors (Lipinski definition) is 4. The quantitative estimate of drug-likeness (QED) is 0.432. The Bertz CT molecular complexity index is 1030. The molecule has 4 rings (SSSR count). The van der Waals surface area contributed by atoms with Crippen LogP contribution in [0.25, 0.3) is 11.0 Å². The number of fused-ring (bicyclic) bond motifs is 1. The molecule has 132 valence electrons. The van der Waals surface area contributed by atoms with E-state index in [1.165, 1.54) is 0 Å². The molecule has 0 saturated heterocycles. The number of rotatable bonds is 6. The van der Waals surface area contributed by atoms with Crippen molar-refractivity contribution in [1.82, 2.24) is 9.97 Å². The lowest BCUT2D eigenvalue weighted by Gasteiger charge is -2.10. The van der Waals surface area contributed by atoms with Crippen LogP contribution in [0.3, 0.4) is 0 Å². The lowest BCUT2D eigenvalue weighted by atomic mass is 10.3. The number of benzene rings is 2. The van der Waals surface area contributed by atoms with Gasteiger partial charge < -0.3 is 9.40 Å². The Balaban J connectivity index is 1.56. The van der Waals surface area contributed by atoms with Gasteiger partial charge in [0.1, 0.15) is 5.58 Å². The Labute approximate surface area is 161 Å². The summed E-state index contributed by atoms with van der Waals surface area (Å²) >= 11 is 7.72. The van der Waals surface area contributed by atoms with Crippen molar-refractivity contribution < 1.29 is 8.63 Å². The number of thioether (sulfide) groups is 1. The van der Waals surface area contributed by atoms with Gasteiger partial charge in [-0.3, -0.25) is 4.72 Å². The molecule has 8 heteroatoms. The normalized spacial score (nSPS) is 12.3. The number of nitrogens with one attached hydrogen (secondary N) is 2. The molecule has 5 nitrogen and oxygen atoms in total. The lowest BCUT2D eigenvalue weighted by Crippen LogP contribution is -2.04. The molecule has 4 aromatic rings. The van der Waals surface area contributed by atoms with Gasteiger partial charge in [-0.15, -0.1) is 11.8 Å². The number of nitrogens with zero attached hydrogens (tertiary/aromatic N) is 1. The average molecular weight is 404 g/mol. The van der Waals surface area contributed by atoms with Crippen molar-refractivity contribution in [2.45, 2.75) is 15.7 Å². The third-order valence-corrected chi connectivity index (χ3v) is 6.00. The van der Waals surface area contributed by atoms with Crippen molar-refractivity contribution in [2.24, 2.45) is 0 Å². The Morgan fingerprint density at radius 2 is 2.12 bits per heavy atom. The van der Waals surface area contributed by atoms with E-state index in [1.807, 2.05) is 36.4 Å². The fourth-order valence-electron chi connectivity index (χ4n) is 2.43. The van der Waals surface area contributed by atoms with Crippen molar-refractivity contribution in [2.75, 3.05) is 4.72 Å². The van der Waals surface area contributed by atoms with Crippen molar-refractivity contribution in [3.8, 4) is 0 Å². The summed E-state index contributed by atoms with van der Waals surface area (Å²) in [4.78, 5) is 8.02. The molecule has 2 N–H and O–H groups in total. The van der Waals surface area contributed by atoms with Crippen LogP contribution < -0.4 is 4.72 Å². The SMILES string of the molecule is O=S(Nc1cc(Cl)ccc1SCc1cnc[nH]1)c1cc2ccccc2o1. The molecule has 26 heavy (non-hydrogen) atoms. The Hall–Kier alpha value is -2.22. The summed E-state index contributed by atoms with van der Waals surface area (Å²) in [5, 5.41) is 1.85. The second-order valence-electron chi connectivity index (χ2n) is 5.48. The van der Waals surface area contributed by atoms with Crippen molar-refractivity contribution in [3.63, 3.8) is 0 Å². The summed E-state index contributed by atoms with van der Waals surface area (Å²) < 4.78 is 21.4. The van der Waals surface area contributed by atoms with Crippen molar-refractivity contribution in [1.29, 1.82) is 0 Å². The van der Waals surface area contributed by atoms with Crippen LogP contribution in [0.4, 0.5) is 5.69 Å². The predicted octanol–water partition coefficient (Wildman–Crippen LogP) is 5.24. The maximum absolute atomic E-state index is 12.7. The Kier molecular flexibility index (Phi) is 5.01. The summed E-state index contributed by atoms with van der Waals surface area (Å²) in [5.41, 5.74) is 2.41. The number of imidazole rings is 1. The van der Waals surface area contributed by atoms with Crippen LogP contribution in [0, 0.1) is 0 Å². The molecule has 0 radical (unpaired) electrons. The van der Waals surface area contributed by atoms with Gasteiger partial charge in [0.2, 0.25) is 5.09 Å². The van der Waals surface area contributed by atoms with Crippen LogP contribution in [0.2, 0.25) is 5.02 Å². The van der Waals surface area contributed by atoms with E-state index in [0.717, 1.165) is 16.0 Å². The van der Waals surface area contributed by atoms with Crippen molar-refractivity contribution >= 4 is 51.0 Å². The van der Waals surface area contributed by atoms with Crippen LogP contribution >= 0.6 is 23.4 Å². The van der Waals surface area contributed by atoms with Gasteiger partial charge in [-0.2, -0.15) is 0 Å². The number of hydrogen-bond donors (Lipinski definition) is 2. The molecule has 2 heterocycles. The second-order valence-corrected chi connectivity index (χ2v) is 8.08. The largest absolute Gasteiger partial charge is 0.445 e. The maximum atomic E-state index is 12.7. The van der Waals surface area contributed by atoms with E-state index >= 15 is 0 Å². The number of H-pyrrole nitrogens is 1. The number of aromatic amines is 1. The van der Waals surface area contributed by atoms with Gasteiger partial charge in [-0.05, 0) is 24.3 Å². The first-order chi connectivity index (χ1) is 12.7. The molecular weight excluding hydrogens is 390 g/mol. The van der Waals surface area contributed by atoms with Gasteiger partial charge in [0.25, 0.3) is 0 Å². The van der Waals surface area contributed by atoms with E-state index in [1.54, 1.807) is 36.4 Å². The predicted molar refractivity (Wildman–Crippen MR) is 106 cm³/mol. The zero-order valence-corrected chi connectivity index (χ0v) is 15.8. The number of halogens is 1. The average Bonchev–Trinajstić information content (AvgIpc) is 3.30. The van der Waals surface area contributed by atoms with E-state index in [-0.39, 0.29) is 0 Å². The lowest BCUT2D eigenvalue weighted by molar-refractivity contribution is 0.504. The number of furan rings is 1.